The second kappa shape index (κ2) is 7.48. The third kappa shape index (κ3) is 4.57. The van der Waals surface area contributed by atoms with Gasteiger partial charge < -0.3 is 10.1 Å². The topological polar surface area (TPSA) is 55.4 Å². The average molecular weight is 249 g/mol. The van der Waals surface area contributed by atoms with Crippen LogP contribution in [0.5, 0.6) is 0 Å². The van der Waals surface area contributed by atoms with Crippen LogP contribution in [-0.4, -0.2) is 19.0 Å². The lowest BCUT2D eigenvalue weighted by molar-refractivity contribution is -0.121. The summed E-state index contributed by atoms with van der Waals surface area (Å²) in [5.41, 5.74) is 1.48. The molecule has 0 aliphatic rings. The summed E-state index contributed by atoms with van der Waals surface area (Å²) < 4.78 is 4.61. The average Bonchev–Trinajstić information content (AvgIpc) is 2.42. The van der Waals surface area contributed by atoms with Gasteiger partial charge in [-0.3, -0.25) is 4.79 Å². The molecule has 0 saturated carbocycles. The maximum absolute atomic E-state index is 11.4. The summed E-state index contributed by atoms with van der Waals surface area (Å²) in [6.07, 6.45) is 2.49. The van der Waals surface area contributed by atoms with E-state index in [-0.39, 0.29) is 11.9 Å². The van der Waals surface area contributed by atoms with Gasteiger partial charge in [0.2, 0.25) is 5.91 Å². The molecule has 1 aromatic rings. The summed E-state index contributed by atoms with van der Waals surface area (Å²) in [7, 11) is 1.35. The lowest BCUT2D eigenvalue weighted by atomic mass is 10.1. The number of esters is 1. The van der Waals surface area contributed by atoms with E-state index in [1.165, 1.54) is 7.11 Å². The second-order valence-electron chi connectivity index (χ2n) is 4.07. The third-order valence-electron chi connectivity index (χ3n) is 2.62. The van der Waals surface area contributed by atoms with Gasteiger partial charge in [0.05, 0.1) is 12.7 Å². The molecule has 1 aromatic carbocycles. The van der Waals surface area contributed by atoms with Gasteiger partial charge in [-0.25, -0.2) is 4.79 Å². The van der Waals surface area contributed by atoms with E-state index >= 15 is 0 Å². The number of methoxy groups -OCH3 is 1. The van der Waals surface area contributed by atoms with Crippen LogP contribution in [0.1, 0.15) is 42.1 Å². The molecule has 1 amide bonds. The van der Waals surface area contributed by atoms with Gasteiger partial charge in [-0.2, -0.15) is 0 Å². The zero-order valence-corrected chi connectivity index (χ0v) is 10.9. The molecule has 0 fully saturated rings. The van der Waals surface area contributed by atoms with Crippen molar-refractivity contribution in [2.24, 2.45) is 0 Å². The molecule has 0 bridgehead atoms. The van der Waals surface area contributed by atoms with E-state index in [2.05, 4.69) is 17.0 Å². The van der Waals surface area contributed by atoms with E-state index in [4.69, 9.17) is 0 Å². The van der Waals surface area contributed by atoms with Crippen LogP contribution in [0.4, 0.5) is 0 Å². The smallest absolute Gasteiger partial charge is 0.337 e. The molecule has 0 unspecified atom stereocenters. The quantitative estimate of drug-likeness (QED) is 0.787. The van der Waals surface area contributed by atoms with Crippen LogP contribution < -0.4 is 5.32 Å². The van der Waals surface area contributed by atoms with Crippen LogP contribution in [0, 0.1) is 0 Å². The standard InChI is InChI=1S/C14H19NO3/c1-3-4-5-13(16)15-10-11-6-8-12(9-7-11)14(17)18-2/h6-9H,3-5,10H2,1-2H3,(H,15,16). The van der Waals surface area contributed by atoms with Gasteiger partial charge in [0.25, 0.3) is 0 Å². The largest absolute Gasteiger partial charge is 0.465 e. The molecular weight excluding hydrogens is 230 g/mol. The van der Waals surface area contributed by atoms with Crippen LogP contribution in [0.2, 0.25) is 0 Å². The number of carbonyl (C=O) groups excluding carboxylic acids is 2. The van der Waals surface area contributed by atoms with E-state index in [0.29, 0.717) is 18.5 Å². The molecule has 0 heterocycles. The van der Waals surface area contributed by atoms with Crippen LogP contribution in [-0.2, 0) is 16.1 Å². The summed E-state index contributed by atoms with van der Waals surface area (Å²) in [5.74, 6) is -0.289. The van der Waals surface area contributed by atoms with Crippen molar-refractivity contribution in [1.29, 1.82) is 0 Å². The van der Waals surface area contributed by atoms with Crippen molar-refractivity contribution in [2.45, 2.75) is 32.7 Å². The van der Waals surface area contributed by atoms with Crippen molar-refractivity contribution in [3.63, 3.8) is 0 Å². The van der Waals surface area contributed by atoms with Gasteiger partial charge >= 0.3 is 5.97 Å². The van der Waals surface area contributed by atoms with Gasteiger partial charge in [0.1, 0.15) is 0 Å². The first-order valence-electron chi connectivity index (χ1n) is 6.11. The van der Waals surface area contributed by atoms with Crippen LogP contribution in [0.25, 0.3) is 0 Å². The highest BCUT2D eigenvalue weighted by molar-refractivity contribution is 5.89. The van der Waals surface area contributed by atoms with Crippen LogP contribution in [0.3, 0.4) is 0 Å². The van der Waals surface area contributed by atoms with Gasteiger partial charge in [-0.1, -0.05) is 25.5 Å². The van der Waals surface area contributed by atoms with Gasteiger partial charge in [-0.05, 0) is 24.1 Å². The van der Waals surface area contributed by atoms with E-state index in [1.54, 1.807) is 12.1 Å². The summed E-state index contributed by atoms with van der Waals surface area (Å²) in [6.45, 7) is 2.54. The van der Waals surface area contributed by atoms with Crippen molar-refractivity contribution in [1.82, 2.24) is 5.32 Å². The summed E-state index contributed by atoms with van der Waals surface area (Å²) in [5, 5.41) is 2.84. The molecule has 0 aliphatic carbocycles. The first-order chi connectivity index (χ1) is 8.67. The number of ether oxygens (including phenoxy) is 1. The van der Waals surface area contributed by atoms with Crippen molar-refractivity contribution < 1.29 is 14.3 Å². The lowest BCUT2D eigenvalue weighted by Gasteiger charge is -2.05. The molecule has 1 N–H and O–H groups in total. The Bertz CT molecular complexity index is 398. The van der Waals surface area contributed by atoms with E-state index in [9.17, 15) is 9.59 Å². The highest BCUT2D eigenvalue weighted by Crippen LogP contribution is 2.05. The van der Waals surface area contributed by atoms with E-state index < -0.39 is 0 Å². The number of hydrogen-bond donors (Lipinski definition) is 1. The minimum Gasteiger partial charge on any atom is -0.465 e. The Hall–Kier alpha value is -1.84. The van der Waals surface area contributed by atoms with E-state index in [0.717, 1.165) is 18.4 Å². The number of carbonyl (C=O) groups is 2. The molecule has 4 heteroatoms. The molecule has 0 aliphatic heterocycles. The Balaban J connectivity index is 2.44. The highest BCUT2D eigenvalue weighted by atomic mass is 16.5. The number of rotatable bonds is 6. The number of unbranched alkanes of at least 4 members (excludes halogenated alkanes) is 1. The molecular formula is C14H19NO3. The fourth-order valence-corrected chi connectivity index (χ4v) is 1.50. The first-order valence-corrected chi connectivity index (χ1v) is 6.11. The third-order valence-corrected chi connectivity index (χ3v) is 2.62. The minimum atomic E-state index is -0.353. The molecule has 1 rings (SSSR count). The minimum absolute atomic E-state index is 0.0638. The Kier molecular flexibility index (Phi) is 5.91. The van der Waals surface area contributed by atoms with Gasteiger partial charge in [0.15, 0.2) is 0 Å². The molecule has 18 heavy (non-hydrogen) atoms. The molecule has 0 atom stereocenters. The molecule has 4 nitrogen and oxygen atoms in total. The second-order valence-corrected chi connectivity index (χ2v) is 4.07. The monoisotopic (exact) mass is 249 g/mol. The number of nitrogens with one attached hydrogen (secondary N) is 1. The number of hydrogen-bond acceptors (Lipinski definition) is 3. The van der Waals surface area contributed by atoms with Crippen molar-refractivity contribution in [2.75, 3.05) is 7.11 Å². The van der Waals surface area contributed by atoms with Gasteiger partial charge in [0, 0.05) is 13.0 Å². The maximum atomic E-state index is 11.4. The molecule has 98 valence electrons. The summed E-state index contributed by atoms with van der Waals surface area (Å²) >= 11 is 0. The van der Waals surface area contributed by atoms with Crippen LogP contribution in [0.15, 0.2) is 24.3 Å². The zero-order chi connectivity index (χ0) is 13.4. The Morgan fingerprint density at radius 1 is 1.22 bits per heavy atom. The SMILES string of the molecule is CCCCC(=O)NCc1ccc(C(=O)OC)cc1. The van der Waals surface area contributed by atoms with Crippen molar-refractivity contribution in [3.8, 4) is 0 Å². The summed E-state index contributed by atoms with van der Waals surface area (Å²) in [6, 6.07) is 7.01. The molecule has 0 aromatic heterocycles. The number of amides is 1. The molecule has 0 spiro atoms. The Morgan fingerprint density at radius 2 is 1.89 bits per heavy atom. The maximum Gasteiger partial charge on any atom is 0.337 e. The fraction of sp³-hybridized carbons (Fsp3) is 0.429. The van der Waals surface area contributed by atoms with E-state index in [1.807, 2.05) is 12.1 Å². The predicted octanol–water partition coefficient (Wildman–Crippen LogP) is 2.28. The first kappa shape index (κ1) is 14.2. The van der Waals surface area contributed by atoms with Crippen molar-refractivity contribution >= 4 is 11.9 Å². The zero-order valence-electron chi connectivity index (χ0n) is 10.9. The highest BCUT2D eigenvalue weighted by Gasteiger charge is 2.05. The number of benzene rings is 1. The predicted molar refractivity (Wildman–Crippen MR) is 69.2 cm³/mol. The fourth-order valence-electron chi connectivity index (χ4n) is 1.50. The van der Waals surface area contributed by atoms with Gasteiger partial charge in [-0.15, -0.1) is 0 Å². The molecule has 0 radical (unpaired) electrons. The summed E-state index contributed by atoms with van der Waals surface area (Å²) in [4.78, 5) is 22.6. The Labute approximate surface area is 107 Å². The molecule has 0 saturated heterocycles. The van der Waals surface area contributed by atoms with Crippen molar-refractivity contribution in [3.05, 3.63) is 35.4 Å². The normalized spacial score (nSPS) is 9.89. The lowest BCUT2D eigenvalue weighted by Crippen LogP contribution is -2.22. The Morgan fingerprint density at radius 3 is 2.44 bits per heavy atom. The van der Waals surface area contributed by atoms with Crippen LogP contribution >= 0.6 is 0 Å².